The molecule has 1 saturated carbocycles. The predicted octanol–water partition coefficient (Wildman–Crippen LogP) is 3.76. The van der Waals surface area contributed by atoms with E-state index in [0.29, 0.717) is 18.5 Å². The molecule has 0 bridgehead atoms. The van der Waals surface area contributed by atoms with Gasteiger partial charge in [-0.05, 0) is 51.7 Å². The van der Waals surface area contributed by atoms with Gasteiger partial charge in [0.2, 0.25) is 5.91 Å². The molecular weight excluding hydrogens is 523 g/mol. The number of benzene rings is 1. The van der Waals surface area contributed by atoms with Gasteiger partial charge in [-0.2, -0.15) is 11.8 Å². The van der Waals surface area contributed by atoms with E-state index in [4.69, 9.17) is 9.73 Å². The maximum absolute atomic E-state index is 12.8. The average molecular weight is 561 g/mol. The number of rotatable bonds is 7. The third-order valence-corrected chi connectivity index (χ3v) is 6.61. The fourth-order valence-corrected chi connectivity index (χ4v) is 4.93. The topological polar surface area (TPSA) is 66.0 Å². The van der Waals surface area contributed by atoms with E-state index < -0.39 is 0 Å². The van der Waals surface area contributed by atoms with Crippen LogP contribution in [0.5, 0.6) is 5.75 Å². The van der Waals surface area contributed by atoms with Crippen LogP contribution < -0.4 is 15.4 Å². The van der Waals surface area contributed by atoms with Crippen molar-refractivity contribution < 1.29 is 9.53 Å². The van der Waals surface area contributed by atoms with E-state index in [1.54, 1.807) is 0 Å². The number of hydrogen-bond donors (Lipinski definition) is 2. The second-order valence-electron chi connectivity index (χ2n) is 8.09. The van der Waals surface area contributed by atoms with Crippen LogP contribution in [-0.4, -0.2) is 66.6 Å². The largest absolute Gasteiger partial charge is 0.489 e. The monoisotopic (exact) mass is 560 g/mol. The van der Waals surface area contributed by atoms with Gasteiger partial charge >= 0.3 is 0 Å². The van der Waals surface area contributed by atoms with Crippen molar-refractivity contribution in [2.75, 3.05) is 37.7 Å². The van der Waals surface area contributed by atoms with Crippen molar-refractivity contribution in [3.8, 4) is 5.75 Å². The van der Waals surface area contributed by atoms with E-state index in [1.807, 2.05) is 49.0 Å². The van der Waals surface area contributed by atoms with Crippen molar-refractivity contribution in [1.29, 1.82) is 0 Å². The van der Waals surface area contributed by atoms with E-state index in [0.717, 1.165) is 68.5 Å². The van der Waals surface area contributed by atoms with Gasteiger partial charge < -0.3 is 20.3 Å². The molecule has 1 aliphatic heterocycles. The number of carbonyl (C=O) groups is 1. The normalized spacial score (nSPS) is 22.8. The lowest BCUT2D eigenvalue weighted by atomic mass is 9.85. The summed E-state index contributed by atoms with van der Waals surface area (Å²) in [5, 5.41) is 6.91. The van der Waals surface area contributed by atoms with Gasteiger partial charge in [-0.3, -0.25) is 4.79 Å². The molecule has 0 aromatic heterocycles. The number of nitrogens with one attached hydrogen (secondary N) is 2. The second kappa shape index (κ2) is 14.1. The Morgan fingerprint density at radius 1 is 1.19 bits per heavy atom. The number of carbonyl (C=O) groups excluding carboxylic acids is 1. The Morgan fingerprint density at radius 3 is 2.52 bits per heavy atom. The molecule has 6 nitrogen and oxygen atoms in total. The van der Waals surface area contributed by atoms with E-state index in [-0.39, 0.29) is 36.0 Å². The van der Waals surface area contributed by atoms with Crippen LogP contribution in [0.3, 0.4) is 0 Å². The maximum Gasteiger partial charge on any atom is 0.225 e. The fraction of sp³-hybridized carbons (Fsp3) is 0.652. The van der Waals surface area contributed by atoms with Crippen molar-refractivity contribution in [1.82, 2.24) is 15.5 Å². The van der Waals surface area contributed by atoms with Gasteiger partial charge in [-0.1, -0.05) is 18.2 Å². The summed E-state index contributed by atoms with van der Waals surface area (Å²) < 4.78 is 5.92. The Morgan fingerprint density at radius 2 is 1.87 bits per heavy atom. The van der Waals surface area contributed by atoms with Crippen LogP contribution in [0, 0.1) is 5.92 Å². The number of nitrogens with zero attached hydrogens (tertiary/aromatic N) is 2. The average Bonchev–Trinajstić information content (AvgIpc) is 2.79. The highest BCUT2D eigenvalue weighted by Crippen LogP contribution is 2.27. The lowest BCUT2D eigenvalue weighted by molar-refractivity contribution is -0.136. The molecule has 0 radical (unpaired) electrons. The summed E-state index contributed by atoms with van der Waals surface area (Å²) in [5.41, 5.74) is 0. The van der Waals surface area contributed by atoms with Crippen molar-refractivity contribution in [2.45, 2.75) is 51.7 Å². The third-order valence-electron chi connectivity index (χ3n) is 5.67. The molecule has 8 heteroatoms. The summed E-state index contributed by atoms with van der Waals surface area (Å²) in [6.07, 6.45) is 3.96. The number of para-hydroxylation sites is 1. The summed E-state index contributed by atoms with van der Waals surface area (Å²) in [6, 6.07) is 10.2. The lowest BCUT2D eigenvalue weighted by Crippen LogP contribution is -2.47. The lowest BCUT2D eigenvalue weighted by Gasteiger charge is -2.34. The SMILES string of the molecule is CCNC(=NCC(C)Oc1ccccc1)NC1CCC(C(=O)N2CCSCC2)CC1.I. The zero-order valence-corrected chi connectivity index (χ0v) is 21.9. The molecule has 2 N–H and O–H groups in total. The minimum absolute atomic E-state index is 0. The molecule has 1 atom stereocenters. The Hall–Kier alpha value is -1.16. The van der Waals surface area contributed by atoms with Crippen LogP contribution in [0.2, 0.25) is 0 Å². The number of hydrogen-bond acceptors (Lipinski definition) is 4. The second-order valence-corrected chi connectivity index (χ2v) is 9.32. The van der Waals surface area contributed by atoms with Crippen LogP contribution in [0.15, 0.2) is 35.3 Å². The Bertz CT molecular complexity index is 677. The minimum Gasteiger partial charge on any atom is -0.489 e. The Kier molecular flexibility index (Phi) is 11.9. The highest BCUT2D eigenvalue weighted by molar-refractivity contribution is 14.0. The molecular formula is C23H37IN4O2S. The standard InChI is InChI=1S/C23H36N4O2S.HI/c1-3-24-23(25-17-18(2)29-21-7-5-4-6-8-21)26-20-11-9-19(10-12-20)22(28)27-13-15-30-16-14-27;/h4-8,18-20H,3,9-17H2,1-2H3,(H2,24,25,26);1H. The molecule has 2 fully saturated rings. The summed E-state index contributed by atoms with van der Waals surface area (Å²) in [6.45, 7) is 7.36. The summed E-state index contributed by atoms with van der Waals surface area (Å²) in [7, 11) is 0. The highest BCUT2D eigenvalue weighted by Gasteiger charge is 2.30. The van der Waals surface area contributed by atoms with Crippen LogP contribution in [0.25, 0.3) is 0 Å². The number of thioether (sulfide) groups is 1. The van der Waals surface area contributed by atoms with Gasteiger partial charge in [0, 0.05) is 43.1 Å². The quantitative estimate of drug-likeness (QED) is 0.302. The molecule has 2 aliphatic rings. The number of aliphatic imine (C=N–C) groups is 1. The molecule has 1 amide bonds. The predicted molar refractivity (Wildman–Crippen MR) is 141 cm³/mol. The van der Waals surface area contributed by atoms with Crippen LogP contribution in [0.4, 0.5) is 0 Å². The minimum atomic E-state index is -0.00100. The first kappa shape index (κ1) is 26.1. The summed E-state index contributed by atoms with van der Waals surface area (Å²) >= 11 is 1.95. The van der Waals surface area contributed by atoms with Crippen molar-refractivity contribution in [2.24, 2.45) is 10.9 Å². The molecule has 1 aromatic rings. The highest BCUT2D eigenvalue weighted by atomic mass is 127. The molecule has 1 aliphatic carbocycles. The van der Waals surface area contributed by atoms with Crippen LogP contribution in [0.1, 0.15) is 39.5 Å². The molecule has 1 unspecified atom stereocenters. The number of guanidine groups is 1. The fourth-order valence-electron chi connectivity index (χ4n) is 4.03. The number of halogens is 1. The van der Waals surface area contributed by atoms with Crippen molar-refractivity contribution in [3.63, 3.8) is 0 Å². The first-order chi connectivity index (χ1) is 14.7. The van der Waals surface area contributed by atoms with E-state index in [9.17, 15) is 4.79 Å². The Labute approximate surface area is 208 Å². The van der Waals surface area contributed by atoms with Gasteiger partial charge in [0.25, 0.3) is 0 Å². The van der Waals surface area contributed by atoms with Gasteiger partial charge in [0.15, 0.2) is 5.96 Å². The third kappa shape index (κ3) is 8.71. The van der Waals surface area contributed by atoms with E-state index in [2.05, 4.69) is 22.5 Å². The zero-order chi connectivity index (χ0) is 21.2. The van der Waals surface area contributed by atoms with Crippen molar-refractivity contribution >= 4 is 47.6 Å². The maximum atomic E-state index is 12.8. The number of ether oxygens (including phenoxy) is 1. The number of amides is 1. The van der Waals surface area contributed by atoms with Gasteiger partial charge in [-0.15, -0.1) is 24.0 Å². The smallest absolute Gasteiger partial charge is 0.225 e. The van der Waals surface area contributed by atoms with E-state index >= 15 is 0 Å². The van der Waals surface area contributed by atoms with Crippen molar-refractivity contribution in [3.05, 3.63) is 30.3 Å². The van der Waals surface area contributed by atoms with Gasteiger partial charge in [0.05, 0.1) is 6.54 Å². The van der Waals surface area contributed by atoms with Gasteiger partial charge in [0.1, 0.15) is 11.9 Å². The summed E-state index contributed by atoms with van der Waals surface area (Å²) in [5.74, 6) is 4.44. The Balaban J connectivity index is 0.00000341. The molecule has 31 heavy (non-hydrogen) atoms. The molecule has 174 valence electrons. The van der Waals surface area contributed by atoms with Gasteiger partial charge in [-0.25, -0.2) is 4.99 Å². The zero-order valence-electron chi connectivity index (χ0n) is 18.7. The molecule has 1 heterocycles. The molecule has 1 saturated heterocycles. The molecule has 3 rings (SSSR count). The molecule has 0 spiro atoms. The first-order valence-corrected chi connectivity index (χ1v) is 12.4. The van der Waals surface area contributed by atoms with Crippen LogP contribution in [-0.2, 0) is 4.79 Å². The summed E-state index contributed by atoms with van der Waals surface area (Å²) in [4.78, 5) is 19.6. The van der Waals surface area contributed by atoms with Crippen LogP contribution >= 0.6 is 35.7 Å². The van der Waals surface area contributed by atoms with E-state index in [1.165, 1.54) is 0 Å². The molecule has 1 aromatic carbocycles. The first-order valence-electron chi connectivity index (χ1n) is 11.3.